The van der Waals surface area contributed by atoms with Crippen LogP contribution in [-0.4, -0.2) is 0 Å². The van der Waals surface area contributed by atoms with E-state index in [1.54, 1.807) is 6.07 Å². The molecule has 0 aliphatic rings. The van der Waals surface area contributed by atoms with E-state index < -0.39 is 0 Å². The van der Waals surface area contributed by atoms with Crippen molar-refractivity contribution in [3.8, 4) is 5.75 Å². The fourth-order valence-electron chi connectivity index (χ4n) is 1.60. The van der Waals surface area contributed by atoms with Gasteiger partial charge in [-0.05, 0) is 23.8 Å². The van der Waals surface area contributed by atoms with E-state index in [-0.39, 0.29) is 5.82 Å². The first-order valence-corrected chi connectivity index (χ1v) is 5.45. The van der Waals surface area contributed by atoms with Gasteiger partial charge >= 0.3 is 0 Å². The Hall–Kier alpha value is -1.87. The summed E-state index contributed by atoms with van der Waals surface area (Å²) >= 11 is 0. The molecule has 2 aromatic rings. The zero-order chi connectivity index (χ0) is 12.1. The molecule has 2 nitrogen and oxygen atoms in total. The molecule has 88 valence electrons. The fourth-order valence-corrected chi connectivity index (χ4v) is 1.60. The van der Waals surface area contributed by atoms with Gasteiger partial charge in [0.1, 0.15) is 18.2 Å². The van der Waals surface area contributed by atoms with Crippen LogP contribution in [0.3, 0.4) is 0 Å². The predicted octanol–water partition coefficient (Wildman–Crippen LogP) is 2.86. The largest absolute Gasteiger partial charge is 0.489 e. The first-order chi connectivity index (χ1) is 8.29. The monoisotopic (exact) mass is 231 g/mol. The molecule has 0 saturated carbocycles. The molecule has 0 radical (unpaired) electrons. The van der Waals surface area contributed by atoms with E-state index in [9.17, 15) is 4.39 Å². The van der Waals surface area contributed by atoms with Gasteiger partial charge in [-0.1, -0.05) is 30.3 Å². The number of hydrogen-bond donors (Lipinski definition) is 1. The van der Waals surface area contributed by atoms with Crippen molar-refractivity contribution >= 4 is 0 Å². The van der Waals surface area contributed by atoms with Crippen LogP contribution in [0.5, 0.6) is 5.75 Å². The third-order valence-electron chi connectivity index (χ3n) is 2.48. The van der Waals surface area contributed by atoms with Crippen LogP contribution in [0.25, 0.3) is 0 Å². The van der Waals surface area contributed by atoms with Crippen molar-refractivity contribution in [2.75, 3.05) is 0 Å². The highest BCUT2D eigenvalue weighted by Gasteiger charge is 2.01. The minimum absolute atomic E-state index is 0.252. The Morgan fingerprint density at radius 3 is 2.65 bits per heavy atom. The van der Waals surface area contributed by atoms with E-state index in [1.165, 1.54) is 12.1 Å². The summed E-state index contributed by atoms with van der Waals surface area (Å²) in [6.45, 7) is 0.772. The molecule has 0 aliphatic carbocycles. The third kappa shape index (κ3) is 3.04. The Bertz CT molecular complexity index is 499. The van der Waals surface area contributed by atoms with Gasteiger partial charge in [-0.25, -0.2) is 4.39 Å². The Morgan fingerprint density at radius 1 is 1.06 bits per heavy atom. The van der Waals surface area contributed by atoms with E-state index in [0.29, 0.717) is 13.2 Å². The number of halogens is 1. The van der Waals surface area contributed by atoms with Gasteiger partial charge in [0, 0.05) is 12.1 Å². The van der Waals surface area contributed by atoms with Crippen LogP contribution in [0, 0.1) is 5.82 Å². The fraction of sp³-hybridized carbons (Fsp3) is 0.143. The van der Waals surface area contributed by atoms with Crippen LogP contribution < -0.4 is 10.5 Å². The van der Waals surface area contributed by atoms with Crippen LogP contribution in [0.4, 0.5) is 4.39 Å². The predicted molar refractivity (Wildman–Crippen MR) is 65.1 cm³/mol. The summed E-state index contributed by atoms with van der Waals surface area (Å²) in [6.07, 6.45) is 0. The molecule has 3 heteroatoms. The minimum Gasteiger partial charge on any atom is -0.489 e. The molecule has 0 atom stereocenters. The average Bonchev–Trinajstić information content (AvgIpc) is 2.37. The molecule has 0 fully saturated rings. The van der Waals surface area contributed by atoms with Crippen molar-refractivity contribution in [3.63, 3.8) is 0 Å². The molecule has 0 unspecified atom stereocenters. The summed E-state index contributed by atoms with van der Waals surface area (Å²) in [5, 5.41) is 0. The van der Waals surface area contributed by atoms with Gasteiger partial charge < -0.3 is 10.5 Å². The van der Waals surface area contributed by atoms with E-state index in [1.807, 2.05) is 30.3 Å². The molecule has 0 saturated heterocycles. The topological polar surface area (TPSA) is 35.2 Å². The molecule has 0 heterocycles. The maximum Gasteiger partial charge on any atom is 0.124 e. The molecular formula is C14H14FNO. The van der Waals surface area contributed by atoms with Gasteiger partial charge in [-0.3, -0.25) is 0 Å². The standard InChI is InChI=1S/C14H14FNO/c15-13-6-3-4-11(8-13)10-17-14-7-2-1-5-12(14)9-16/h1-8H,9-10,16H2. The summed E-state index contributed by atoms with van der Waals surface area (Å²) in [7, 11) is 0. The highest BCUT2D eigenvalue weighted by Crippen LogP contribution is 2.18. The summed E-state index contributed by atoms with van der Waals surface area (Å²) < 4.78 is 18.6. The van der Waals surface area contributed by atoms with Crippen molar-refractivity contribution in [2.45, 2.75) is 13.2 Å². The number of ether oxygens (including phenoxy) is 1. The molecule has 0 aromatic heterocycles. The molecule has 2 rings (SSSR count). The highest BCUT2D eigenvalue weighted by molar-refractivity contribution is 5.33. The van der Waals surface area contributed by atoms with Crippen molar-refractivity contribution in [3.05, 3.63) is 65.5 Å². The van der Waals surface area contributed by atoms with Gasteiger partial charge in [0.05, 0.1) is 0 Å². The lowest BCUT2D eigenvalue weighted by atomic mass is 10.2. The maximum atomic E-state index is 13.0. The molecule has 0 spiro atoms. The van der Waals surface area contributed by atoms with E-state index >= 15 is 0 Å². The van der Waals surface area contributed by atoms with Crippen molar-refractivity contribution in [2.24, 2.45) is 5.73 Å². The zero-order valence-electron chi connectivity index (χ0n) is 9.40. The summed E-state index contributed by atoms with van der Waals surface area (Å²) in [5.74, 6) is 0.498. The SMILES string of the molecule is NCc1ccccc1OCc1cccc(F)c1. The third-order valence-corrected chi connectivity index (χ3v) is 2.48. The lowest BCUT2D eigenvalue weighted by Gasteiger charge is -2.10. The number of hydrogen-bond acceptors (Lipinski definition) is 2. The second-order valence-corrected chi connectivity index (χ2v) is 3.73. The van der Waals surface area contributed by atoms with E-state index in [0.717, 1.165) is 16.9 Å². The summed E-state index contributed by atoms with van der Waals surface area (Å²) in [6, 6.07) is 14.0. The first-order valence-electron chi connectivity index (χ1n) is 5.45. The van der Waals surface area contributed by atoms with Gasteiger partial charge in [0.2, 0.25) is 0 Å². The van der Waals surface area contributed by atoms with Crippen LogP contribution in [0.15, 0.2) is 48.5 Å². The molecular weight excluding hydrogens is 217 g/mol. The van der Waals surface area contributed by atoms with Gasteiger partial charge in [-0.15, -0.1) is 0 Å². The summed E-state index contributed by atoms with van der Waals surface area (Å²) in [4.78, 5) is 0. The molecule has 2 aromatic carbocycles. The summed E-state index contributed by atoms with van der Waals surface area (Å²) in [5.41, 5.74) is 7.35. The number of nitrogens with two attached hydrogens (primary N) is 1. The quantitative estimate of drug-likeness (QED) is 0.878. The van der Waals surface area contributed by atoms with Crippen molar-refractivity contribution < 1.29 is 9.13 Å². The highest BCUT2D eigenvalue weighted by atomic mass is 19.1. The molecule has 0 bridgehead atoms. The molecule has 2 N–H and O–H groups in total. The Kier molecular flexibility index (Phi) is 3.73. The molecule has 0 amide bonds. The van der Waals surface area contributed by atoms with Crippen LogP contribution in [0.2, 0.25) is 0 Å². The van der Waals surface area contributed by atoms with Gasteiger partial charge in [-0.2, -0.15) is 0 Å². The Balaban J connectivity index is 2.07. The minimum atomic E-state index is -0.252. The van der Waals surface area contributed by atoms with Crippen LogP contribution in [0.1, 0.15) is 11.1 Å². The molecule has 17 heavy (non-hydrogen) atoms. The normalized spacial score (nSPS) is 10.2. The number of rotatable bonds is 4. The zero-order valence-corrected chi connectivity index (χ0v) is 9.40. The maximum absolute atomic E-state index is 13.0. The van der Waals surface area contributed by atoms with Crippen LogP contribution >= 0.6 is 0 Å². The Morgan fingerprint density at radius 2 is 1.88 bits per heavy atom. The second kappa shape index (κ2) is 5.46. The Labute approximate surface area is 99.8 Å². The lowest BCUT2D eigenvalue weighted by molar-refractivity contribution is 0.302. The van der Waals surface area contributed by atoms with Gasteiger partial charge in [0.15, 0.2) is 0 Å². The smallest absolute Gasteiger partial charge is 0.124 e. The average molecular weight is 231 g/mol. The van der Waals surface area contributed by atoms with Crippen molar-refractivity contribution in [1.29, 1.82) is 0 Å². The lowest BCUT2D eigenvalue weighted by Crippen LogP contribution is -2.02. The van der Waals surface area contributed by atoms with Crippen LogP contribution in [-0.2, 0) is 13.2 Å². The second-order valence-electron chi connectivity index (χ2n) is 3.73. The van der Waals surface area contributed by atoms with Crippen molar-refractivity contribution in [1.82, 2.24) is 0 Å². The van der Waals surface area contributed by atoms with E-state index in [4.69, 9.17) is 10.5 Å². The number of para-hydroxylation sites is 1. The first kappa shape index (κ1) is 11.6. The van der Waals surface area contributed by atoms with Gasteiger partial charge in [0.25, 0.3) is 0 Å². The number of benzene rings is 2. The molecule has 0 aliphatic heterocycles. The van der Waals surface area contributed by atoms with E-state index in [2.05, 4.69) is 0 Å².